The zero-order valence-electron chi connectivity index (χ0n) is 29.5. The standard InChI is InChI=1S/C31H31N2O/c1-17(2)22-15-25(33(7)16-19(22)4)26-18(3)10-11-20-21-12-13-23-27(30(21)34-29(20)26)28-24(31(23,5)6)9-8-14-32-28/h8-17H,1-7H3/q+1/i4D3,5D3,6D3,17D. The summed E-state index contributed by atoms with van der Waals surface area (Å²) in [6, 6.07) is 11.9. The molecular weight excluding hydrogens is 416 g/mol. The minimum atomic E-state index is -2.93. The third-order valence-electron chi connectivity index (χ3n) is 6.94. The van der Waals surface area contributed by atoms with Gasteiger partial charge >= 0.3 is 0 Å². The average molecular weight is 458 g/mol. The van der Waals surface area contributed by atoms with E-state index in [1.807, 2.05) is 19.1 Å². The Morgan fingerprint density at radius 1 is 1.00 bits per heavy atom. The van der Waals surface area contributed by atoms with E-state index in [0.29, 0.717) is 44.3 Å². The molecule has 3 heteroatoms. The Labute approximate surface area is 215 Å². The Morgan fingerprint density at radius 2 is 1.76 bits per heavy atom. The van der Waals surface area contributed by atoms with Crippen molar-refractivity contribution in [1.82, 2.24) is 4.98 Å². The van der Waals surface area contributed by atoms with Gasteiger partial charge in [-0.3, -0.25) is 4.98 Å². The van der Waals surface area contributed by atoms with Crippen LogP contribution in [-0.2, 0) is 12.5 Å². The maximum Gasteiger partial charge on any atom is 0.216 e. The van der Waals surface area contributed by atoms with Gasteiger partial charge in [0.05, 0.1) is 11.3 Å². The van der Waals surface area contributed by atoms with Crippen LogP contribution in [0.4, 0.5) is 0 Å². The predicted octanol–water partition coefficient (Wildman–Crippen LogP) is 7.52. The summed E-state index contributed by atoms with van der Waals surface area (Å²) in [6.07, 6.45) is 3.04. The molecule has 0 radical (unpaired) electrons. The molecule has 0 amide bonds. The number of aromatic nitrogens is 2. The Morgan fingerprint density at radius 3 is 2.50 bits per heavy atom. The zero-order valence-corrected chi connectivity index (χ0v) is 19.5. The normalized spacial score (nSPS) is 20.0. The van der Waals surface area contributed by atoms with Crippen LogP contribution in [0.5, 0.6) is 0 Å². The second-order valence-electron chi connectivity index (χ2n) is 9.35. The van der Waals surface area contributed by atoms with Crippen molar-refractivity contribution >= 4 is 21.9 Å². The fraction of sp³-hybridized carbons (Fsp3) is 0.290. The molecular formula is C31H31N2O+. The molecule has 0 aliphatic heterocycles. The Kier molecular flexibility index (Phi) is 2.65. The molecule has 0 saturated carbocycles. The van der Waals surface area contributed by atoms with Gasteiger partial charge in [0.15, 0.2) is 6.20 Å². The van der Waals surface area contributed by atoms with E-state index in [2.05, 4.69) is 4.98 Å². The number of nitrogens with zero attached hydrogens (tertiary/aromatic N) is 2. The summed E-state index contributed by atoms with van der Waals surface area (Å²) >= 11 is 0. The minimum Gasteiger partial charge on any atom is -0.454 e. The van der Waals surface area contributed by atoms with Crippen LogP contribution in [0, 0.1) is 13.8 Å². The van der Waals surface area contributed by atoms with E-state index in [-0.39, 0.29) is 22.4 Å². The van der Waals surface area contributed by atoms with Crippen molar-refractivity contribution in [2.24, 2.45) is 7.05 Å². The van der Waals surface area contributed by atoms with E-state index in [0.717, 1.165) is 5.56 Å². The second-order valence-corrected chi connectivity index (χ2v) is 9.35. The SMILES string of the molecule is [2H]C([2H])([2H])c1c[n+](C)c(-c2c(C)ccc3c2oc2c4c(ccc23)C(C([2H])([2H])[2H])(C([2H])([2H])[2H])c2cccnc2-4)cc1C([2H])(C)C. The van der Waals surface area contributed by atoms with Crippen LogP contribution >= 0.6 is 0 Å². The van der Waals surface area contributed by atoms with Crippen molar-refractivity contribution in [1.29, 1.82) is 0 Å². The summed E-state index contributed by atoms with van der Waals surface area (Å²) in [6.45, 7) is -3.09. The van der Waals surface area contributed by atoms with Crippen LogP contribution in [-0.4, -0.2) is 4.98 Å². The van der Waals surface area contributed by atoms with Crippen molar-refractivity contribution < 1.29 is 22.7 Å². The van der Waals surface area contributed by atoms with Crippen molar-refractivity contribution in [3.63, 3.8) is 0 Å². The van der Waals surface area contributed by atoms with Gasteiger partial charge in [0, 0.05) is 53.3 Å². The lowest BCUT2D eigenvalue weighted by molar-refractivity contribution is -0.660. The molecule has 0 unspecified atom stereocenters. The monoisotopic (exact) mass is 457 g/mol. The molecule has 3 nitrogen and oxygen atoms in total. The van der Waals surface area contributed by atoms with E-state index < -0.39 is 31.9 Å². The van der Waals surface area contributed by atoms with Gasteiger partial charge in [-0.25, -0.2) is 4.57 Å². The molecule has 34 heavy (non-hydrogen) atoms. The molecule has 1 aliphatic carbocycles. The molecule has 0 fully saturated rings. The van der Waals surface area contributed by atoms with Crippen molar-refractivity contribution in [3.8, 4) is 22.5 Å². The molecule has 0 N–H and O–H groups in total. The minimum absolute atomic E-state index is 0.0874. The molecule has 0 atom stereocenters. The van der Waals surface area contributed by atoms with E-state index in [9.17, 15) is 0 Å². The summed E-state index contributed by atoms with van der Waals surface area (Å²) in [4.78, 5) is 4.49. The summed E-state index contributed by atoms with van der Waals surface area (Å²) in [5.74, 6) is -1.22. The number of furan rings is 1. The first kappa shape index (κ1) is 12.9. The molecule has 3 heterocycles. The van der Waals surface area contributed by atoms with Crippen LogP contribution in [0.3, 0.4) is 0 Å². The van der Waals surface area contributed by atoms with Gasteiger partial charge in [0.1, 0.15) is 18.2 Å². The smallest absolute Gasteiger partial charge is 0.216 e. The third kappa shape index (κ3) is 2.70. The molecule has 5 aromatic rings. The highest BCUT2D eigenvalue weighted by Crippen LogP contribution is 2.52. The molecule has 3 aromatic heterocycles. The number of fused-ring (bicyclic) bond motifs is 7. The van der Waals surface area contributed by atoms with Gasteiger partial charge in [-0.15, -0.1) is 0 Å². The molecule has 6 rings (SSSR count). The van der Waals surface area contributed by atoms with Crippen molar-refractivity contribution in [3.05, 3.63) is 82.7 Å². The van der Waals surface area contributed by atoms with E-state index in [4.69, 9.17) is 18.1 Å². The third-order valence-corrected chi connectivity index (χ3v) is 6.94. The second kappa shape index (κ2) is 7.02. The van der Waals surface area contributed by atoms with Gasteiger partial charge in [-0.1, -0.05) is 57.9 Å². The summed E-state index contributed by atoms with van der Waals surface area (Å²) in [7, 11) is 1.74. The molecule has 0 saturated heterocycles. The number of hydrogen-bond donors (Lipinski definition) is 0. The number of pyridine rings is 2. The maximum absolute atomic E-state index is 8.74. The van der Waals surface area contributed by atoms with Gasteiger partial charge < -0.3 is 4.42 Å². The van der Waals surface area contributed by atoms with Gasteiger partial charge in [-0.2, -0.15) is 0 Å². The lowest BCUT2D eigenvalue weighted by Gasteiger charge is -2.20. The number of aryl methyl sites for hydroxylation is 3. The fourth-order valence-corrected chi connectivity index (χ4v) is 5.23. The summed E-state index contributed by atoms with van der Waals surface area (Å²) in [5.41, 5.74) is 1.87. The van der Waals surface area contributed by atoms with Crippen molar-refractivity contribution in [2.75, 3.05) is 0 Å². The van der Waals surface area contributed by atoms with Crippen LogP contribution in [0.15, 0.2) is 59.3 Å². The topological polar surface area (TPSA) is 29.9 Å². The van der Waals surface area contributed by atoms with Gasteiger partial charge in [-0.05, 0) is 48.0 Å². The number of rotatable bonds is 2. The highest BCUT2D eigenvalue weighted by atomic mass is 16.3. The van der Waals surface area contributed by atoms with Crippen LogP contribution in [0.25, 0.3) is 44.5 Å². The summed E-state index contributed by atoms with van der Waals surface area (Å²) < 4.78 is 92.3. The summed E-state index contributed by atoms with van der Waals surface area (Å²) in [5, 5.41) is 1.37. The fourth-order valence-electron chi connectivity index (χ4n) is 5.23. The number of benzene rings is 2. The van der Waals surface area contributed by atoms with Crippen LogP contribution in [0.1, 0.15) is 75.0 Å². The van der Waals surface area contributed by atoms with Gasteiger partial charge in [0.2, 0.25) is 5.69 Å². The Balaban J connectivity index is 1.74. The van der Waals surface area contributed by atoms with E-state index in [1.165, 1.54) is 18.5 Å². The predicted molar refractivity (Wildman–Crippen MR) is 139 cm³/mol. The lowest BCUT2D eigenvalue weighted by Crippen LogP contribution is -2.32. The molecule has 0 spiro atoms. The van der Waals surface area contributed by atoms with E-state index >= 15 is 0 Å². The van der Waals surface area contributed by atoms with Crippen molar-refractivity contribution in [2.45, 2.75) is 52.6 Å². The zero-order chi connectivity index (χ0) is 32.4. The molecule has 2 aromatic carbocycles. The van der Waals surface area contributed by atoms with Crippen LogP contribution in [0.2, 0.25) is 0 Å². The first-order chi connectivity index (χ1) is 20.2. The highest BCUT2D eigenvalue weighted by Gasteiger charge is 2.38. The van der Waals surface area contributed by atoms with Crippen LogP contribution < -0.4 is 4.57 Å². The highest BCUT2D eigenvalue weighted by molar-refractivity contribution is 6.14. The Hall–Kier alpha value is -3.46. The number of hydrogen-bond acceptors (Lipinski definition) is 2. The largest absolute Gasteiger partial charge is 0.454 e. The quantitative estimate of drug-likeness (QED) is 0.257. The first-order valence-electron chi connectivity index (χ1n) is 16.2. The maximum atomic E-state index is 8.74. The van der Waals surface area contributed by atoms with E-state index in [1.54, 1.807) is 49.7 Å². The molecule has 1 aliphatic rings. The van der Waals surface area contributed by atoms with Gasteiger partial charge in [0.25, 0.3) is 0 Å². The lowest BCUT2D eigenvalue weighted by atomic mass is 9.82. The Bertz CT molecular complexity index is 1980. The molecule has 170 valence electrons. The average Bonchev–Trinajstić information content (AvgIpc) is 3.41. The first-order valence-corrected chi connectivity index (χ1v) is 11.2. The molecule has 0 bridgehead atoms.